The zero-order valence-corrected chi connectivity index (χ0v) is 26.0. The van der Waals surface area contributed by atoms with Crippen LogP contribution >= 0.6 is 23.2 Å². The van der Waals surface area contributed by atoms with Gasteiger partial charge in [-0.05, 0) is 48.1 Å². The average Bonchev–Trinajstić information content (AvgIpc) is 3.81. The highest BCUT2D eigenvalue weighted by atomic mass is 35.5. The number of methoxy groups -OCH3 is 1. The Balaban J connectivity index is 1.63. The van der Waals surface area contributed by atoms with Gasteiger partial charge in [-0.15, -0.1) is 0 Å². The van der Waals surface area contributed by atoms with Gasteiger partial charge < -0.3 is 28.7 Å². The minimum absolute atomic E-state index is 0.0230. The smallest absolute Gasteiger partial charge is 0.387 e. The van der Waals surface area contributed by atoms with Crippen molar-refractivity contribution in [3.05, 3.63) is 92.4 Å². The molecular weight excluding hydrogens is 661 g/mol. The van der Waals surface area contributed by atoms with Crippen molar-refractivity contribution in [3.8, 4) is 11.5 Å². The van der Waals surface area contributed by atoms with Gasteiger partial charge in [-0.3, -0.25) is 9.00 Å². The maximum Gasteiger partial charge on any atom is 0.387 e. The van der Waals surface area contributed by atoms with Gasteiger partial charge in [-0.2, -0.15) is 13.5 Å². The molecule has 2 aromatic carbocycles. The van der Waals surface area contributed by atoms with Crippen LogP contribution in [0.4, 0.5) is 8.78 Å². The van der Waals surface area contributed by atoms with E-state index in [0.29, 0.717) is 4.73 Å². The lowest BCUT2D eigenvalue weighted by Crippen LogP contribution is -2.33. The lowest BCUT2D eigenvalue weighted by atomic mass is 10.0. The number of aromatic nitrogens is 1. The lowest BCUT2D eigenvalue weighted by Gasteiger charge is -2.26. The summed E-state index contributed by atoms with van der Waals surface area (Å²) in [5.74, 6) is -1.69. The molecule has 1 unspecified atom stereocenters. The van der Waals surface area contributed by atoms with Crippen LogP contribution in [0.5, 0.6) is 11.5 Å². The maximum absolute atomic E-state index is 13.2. The average molecular weight is 689 g/mol. The summed E-state index contributed by atoms with van der Waals surface area (Å²) in [5, 5.41) is 11.7. The van der Waals surface area contributed by atoms with E-state index in [0.717, 1.165) is 29.5 Å². The lowest BCUT2D eigenvalue weighted by molar-refractivity contribution is -0.605. The van der Waals surface area contributed by atoms with Crippen molar-refractivity contribution >= 4 is 46.4 Å². The molecule has 1 aromatic heterocycles. The van der Waals surface area contributed by atoms with Crippen LogP contribution in [0, 0.1) is 11.1 Å². The molecule has 3 aromatic rings. The molecule has 11 nitrogen and oxygen atoms in total. The fourth-order valence-corrected chi connectivity index (χ4v) is 5.37. The van der Waals surface area contributed by atoms with Crippen LogP contribution in [0.25, 0.3) is 0 Å². The SMILES string of the molecule is COC(=O)c1ccccc1CN(CC(=O)O[C@@H](Cc1c(Cl)c[n+]([O-])cc1Cl)c1ccc(OC(F)F)c(OCC2CC2)c1)S(=O)[O-]. The van der Waals surface area contributed by atoms with E-state index < -0.39 is 42.5 Å². The zero-order valence-electron chi connectivity index (χ0n) is 23.7. The third-order valence-corrected chi connectivity index (χ3v) is 8.06. The molecule has 1 fully saturated rings. The second-order valence-electron chi connectivity index (χ2n) is 9.98. The number of rotatable bonds is 15. The Hall–Kier alpha value is -3.56. The number of hydrogen-bond acceptors (Lipinski definition) is 9. The van der Waals surface area contributed by atoms with Gasteiger partial charge in [0.15, 0.2) is 23.9 Å². The fraction of sp³-hybridized carbons (Fsp3) is 0.345. The number of ether oxygens (including phenoxy) is 4. The van der Waals surface area contributed by atoms with Gasteiger partial charge in [-0.25, -0.2) is 9.10 Å². The quantitative estimate of drug-likeness (QED) is 0.0941. The topological polar surface area (TPSA) is 141 Å². The maximum atomic E-state index is 13.2. The van der Waals surface area contributed by atoms with Crippen LogP contribution in [0.2, 0.25) is 10.0 Å². The Bertz CT molecular complexity index is 1540. The molecule has 0 radical (unpaired) electrons. The van der Waals surface area contributed by atoms with E-state index in [1.165, 1.54) is 37.4 Å². The van der Waals surface area contributed by atoms with Crippen LogP contribution in [-0.4, -0.2) is 51.9 Å². The molecule has 0 amide bonds. The van der Waals surface area contributed by atoms with Gasteiger partial charge in [0.05, 0.1) is 19.3 Å². The highest BCUT2D eigenvalue weighted by Gasteiger charge is 2.27. The van der Waals surface area contributed by atoms with Crippen LogP contribution in [0.1, 0.15) is 46.0 Å². The number of alkyl halides is 2. The highest BCUT2D eigenvalue weighted by molar-refractivity contribution is 7.76. The molecule has 1 saturated carbocycles. The fourth-order valence-electron chi connectivity index (χ4n) is 4.32. The summed E-state index contributed by atoms with van der Waals surface area (Å²) < 4.78 is 72.4. The van der Waals surface area contributed by atoms with Crippen molar-refractivity contribution in [1.82, 2.24) is 4.31 Å². The van der Waals surface area contributed by atoms with Gasteiger partial charge in [0, 0.05) is 29.8 Å². The number of halogens is 4. The van der Waals surface area contributed by atoms with Gasteiger partial charge in [0.25, 0.3) is 0 Å². The van der Waals surface area contributed by atoms with Crippen LogP contribution < -0.4 is 14.2 Å². The third-order valence-electron chi connectivity index (χ3n) is 6.73. The van der Waals surface area contributed by atoms with Gasteiger partial charge in [-0.1, -0.05) is 47.5 Å². The summed E-state index contributed by atoms with van der Waals surface area (Å²) in [6, 6.07) is 10.1. The van der Waals surface area contributed by atoms with Crippen LogP contribution in [0.3, 0.4) is 0 Å². The number of benzene rings is 2. The van der Waals surface area contributed by atoms with Crippen molar-refractivity contribution in [2.75, 3.05) is 20.3 Å². The van der Waals surface area contributed by atoms with Crippen molar-refractivity contribution in [2.45, 2.75) is 38.5 Å². The van der Waals surface area contributed by atoms with E-state index in [1.807, 2.05) is 0 Å². The molecule has 1 aliphatic rings. The molecule has 1 heterocycles. The van der Waals surface area contributed by atoms with E-state index in [9.17, 15) is 32.3 Å². The molecule has 45 heavy (non-hydrogen) atoms. The van der Waals surface area contributed by atoms with E-state index in [2.05, 4.69) is 4.74 Å². The number of hydrogen-bond donors (Lipinski definition) is 0. The monoisotopic (exact) mass is 687 g/mol. The van der Waals surface area contributed by atoms with Gasteiger partial charge in [0.1, 0.15) is 22.7 Å². The number of carbonyl (C=O) groups excluding carboxylic acids is 2. The highest BCUT2D eigenvalue weighted by Crippen LogP contribution is 2.38. The number of carbonyl (C=O) groups is 2. The van der Waals surface area contributed by atoms with Crippen molar-refractivity contribution in [2.24, 2.45) is 5.92 Å². The molecule has 1 aliphatic carbocycles. The molecule has 2 atom stereocenters. The minimum atomic E-state index is -3.13. The molecule has 0 bridgehead atoms. The van der Waals surface area contributed by atoms with E-state index in [4.69, 9.17) is 37.4 Å². The minimum Gasteiger partial charge on any atom is -0.760 e. The van der Waals surface area contributed by atoms with Crippen LogP contribution in [0.15, 0.2) is 54.9 Å². The first kappa shape index (κ1) is 34.3. The Labute approximate surface area is 269 Å². The predicted octanol–water partition coefficient (Wildman–Crippen LogP) is 4.93. The summed E-state index contributed by atoms with van der Waals surface area (Å²) in [6.07, 6.45) is 2.56. The van der Waals surface area contributed by atoms with Gasteiger partial charge in [0.2, 0.25) is 0 Å². The second-order valence-corrected chi connectivity index (χ2v) is 11.7. The number of esters is 2. The van der Waals surface area contributed by atoms with Crippen molar-refractivity contribution < 1.29 is 50.8 Å². The molecule has 0 spiro atoms. The van der Waals surface area contributed by atoms with Gasteiger partial charge >= 0.3 is 18.6 Å². The second kappa shape index (κ2) is 15.6. The van der Waals surface area contributed by atoms with E-state index in [1.54, 1.807) is 12.1 Å². The zero-order chi connectivity index (χ0) is 32.7. The standard InChI is InChI=1S/C29H28Cl2F2N2O9S/c1-41-28(37)20-5-3-2-4-19(20)12-35(45(39)40)15-27(36)43-25(11-21-22(30)13-34(38)14-23(21)31)18-8-9-24(44-29(32)33)26(10-18)42-16-17-6-7-17/h2-5,8-10,13-14,17,25,29H,6-7,11-12,15-16H2,1H3,(H,39,40)/p-1/t25-/m0/s1. The molecular formula is C29H27Cl2F2N2O9S-. The molecule has 0 aliphatic heterocycles. The Morgan fingerprint density at radius 2 is 1.80 bits per heavy atom. The molecule has 0 saturated heterocycles. The Morgan fingerprint density at radius 1 is 1.11 bits per heavy atom. The first-order valence-electron chi connectivity index (χ1n) is 13.4. The molecule has 16 heteroatoms. The van der Waals surface area contributed by atoms with Crippen LogP contribution in [-0.2, 0) is 38.5 Å². The van der Waals surface area contributed by atoms with Crippen molar-refractivity contribution in [1.29, 1.82) is 0 Å². The molecule has 0 N–H and O–H groups in total. The Morgan fingerprint density at radius 3 is 2.42 bits per heavy atom. The number of nitrogens with zero attached hydrogens (tertiary/aromatic N) is 2. The summed E-state index contributed by atoms with van der Waals surface area (Å²) in [5.41, 5.74) is 0.870. The molecule has 242 valence electrons. The van der Waals surface area contributed by atoms with E-state index in [-0.39, 0.29) is 69.3 Å². The predicted molar refractivity (Wildman–Crippen MR) is 156 cm³/mol. The summed E-state index contributed by atoms with van der Waals surface area (Å²) >= 11 is 9.62. The van der Waals surface area contributed by atoms with Crippen molar-refractivity contribution in [3.63, 3.8) is 0 Å². The Kier molecular flexibility index (Phi) is 11.9. The summed E-state index contributed by atoms with van der Waals surface area (Å²) in [7, 11) is 1.18. The summed E-state index contributed by atoms with van der Waals surface area (Å²) in [6.45, 7) is -4.00. The van der Waals surface area contributed by atoms with E-state index >= 15 is 0 Å². The number of pyridine rings is 1. The largest absolute Gasteiger partial charge is 0.760 e. The normalized spacial score (nSPS) is 14.2. The first-order chi connectivity index (χ1) is 21.4. The summed E-state index contributed by atoms with van der Waals surface area (Å²) in [4.78, 5) is 25.4. The third kappa shape index (κ3) is 9.71. The molecule has 4 rings (SSSR count). The first-order valence-corrected chi connectivity index (χ1v) is 15.2.